The summed E-state index contributed by atoms with van der Waals surface area (Å²) in [7, 11) is 1.87. The Balaban J connectivity index is 0.000000317. The standard InChI is InChI=1S/C19H26N4OS.2C2HF3O2/c1-14-19(25-13-21-14)12-23-7-5-18(24-2)16-10-22(11-17(16)23)9-15-4-3-6-20-8-15;2*3-2(4,5)1(6)7/h3-4,6,8,13,16-18H,5,7,9-12H2,1-2H3;2*(H,6,7)/t16-,17+,18+;;/m0../s1. The van der Waals surface area contributed by atoms with Gasteiger partial charge in [-0.25, -0.2) is 14.6 Å². The molecular weight excluding hydrogens is 558 g/mol. The van der Waals surface area contributed by atoms with Crippen LogP contribution >= 0.6 is 11.3 Å². The Bertz CT molecular complexity index is 1050. The molecule has 0 amide bonds. The number of thiazole rings is 1. The van der Waals surface area contributed by atoms with Gasteiger partial charge in [-0.3, -0.25) is 14.8 Å². The van der Waals surface area contributed by atoms with Crippen LogP contribution in [0.15, 0.2) is 30.0 Å². The van der Waals surface area contributed by atoms with Crippen LogP contribution < -0.4 is 0 Å². The number of aliphatic carboxylic acids is 2. The van der Waals surface area contributed by atoms with Gasteiger partial charge in [-0.1, -0.05) is 6.07 Å². The van der Waals surface area contributed by atoms with Gasteiger partial charge in [0.15, 0.2) is 0 Å². The van der Waals surface area contributed by atoms with Crippen LogP contribution in [0.3, 0.4) is 0 Å². The number of halogens is 6. The van der Waals surface area contributed by atoms with Crippen LogP contribution in [0.2, 0.25) is 0 Å². The number of pyridine rings is 1. The highest BCUT2D eigenvalue weighted by molar-refractivity contribution is 7.09. The lowest BCUT2D eigenvalue weighted by molar-refractivity contribution is -0.193. The van der Waals surface area contributed by atoms with Crippen molar-refractivity contribution in [2.75, 3.05) is 26.7 Å². The van der Waals surface area contributed by atoms with E-state index in [1.165, 1.54) is 16.1 Å². The molecule has 2 aliphatic rings. The SMILES string of the molecule is CO[C@@H]1CCN(Cc2scnc2C)[C@@H]2CN(Cc3cccnc3)C[C@@H]21.O=C(O)C(F)(F)F.O=C(O)C(F)(F)F. The molecule has 39 heavy (non-hydrogen) atoms. The van der Waals surface area contributed by atoms with Crippen LogP contribution in [-0.2, 0) is 27.4 Å². The third-order valence-corrected chi connectivity index (χ3v) is 7.08. The van der Waals surface area contributed by atoms with E-state index in [0.717, 1.165) is 39.1 Å². The summed E-state index contributed by atoms with van der Waals surface area (Å²) in [5.41, 5.74) is 4.44. The number of carboxylic acids is 2. The first-order valence-corrected chi connectivity index (χ1v) is 12.4. The van der Waals surface area contributed by atoms with E-state index in [1.54, 1.807) is 11.3 Å². The number of hydrogen-bond acceptors (Lipinski definition) is 8. The Labute approximate surface area is 224 Å². The first-order valence-electron chi connectivity index (χ1n) is 11.5. The average Bonchev–Trinajstić information content (AvgIpc) is 3.45. The Morgan fingerprint density at radius 2 is 1.72 bits per heavy atom. The second-order valence-corrected chi connectivity index (χ2v) is 9.73. The van der Waals surface area contributed by atoms with Crippen molar-refractivity contribution in [1.82, 2.24) is 19.8 Å². The monoisotopic (exact) mass is 586 g/mol. The van der Waals surface area contributed by atoms with E-state index in [9.17, 15) is 26.3 Å². The van der Waals surface area contributed by atoms with Crippen LogP contribution in [0.4, 0.5) is 26.3 Å². The predicted molar refractivity (Wildman–Crippen MR) is 127 cm³/mol. The molecule has 2 N–H and O–H groups in total. The second kappa shape index (κ2) is 14.0. The molecule has 0 aliphatic carbocycles. The zero-order chi connectivity index (χ0) is 29.4. The summed E-state index contributed by atoms with van der Waals surface area (Å²) in [6.45, 7) is 7.44. The fourth-order valence-corrected chi connectivity index (χ4v) is 5.15. The summed E-state index contributed by atoms with van der Waals surface area (Å²) >= 11 is 1.78. The molecule has 2 aromatic rings. The molecule has 16 heteroatoms. The molecule has 3 atom stereocenters. The highest BCUT2D eigenvalue weighted by Gasteiger charge is 2.44. The summed E-state index contributed by atoms with van der Waals surface area (Å²) in [4.78, 5) is 33.1. The average molecular weight is 587 g/mol. The van der Waals surface area contributed by atoms with Gasteiger partial charge in [0.05, 0.1) is 17.3 Å². The molecule has 218 valence electrons. The molecule has 2 fully saturated rings. The predicted octanol–water partition coefficient (Wildman–Crippen LogP) is 3.83. The lowest BCUT2D eigenvalue weighted by atomic mass is 9.89. The van der Waals surface area contributed by atoms with Crippen LogP contribution in [0.1, 0.15) is 22.6 Å². The lowest BCUT2D eigenvalue weighted by Gasteiger charge is -2.41. The first-order chi connectivity index (χ1) is 18.1. The number of rotatable bonds is 5. The second-order valence-electron chi connectivity index (χ2n) is 8.79. The molecule has 2 aromatic heterocycles. The Morgan fingerprint density at radius 1 is 1.10 bits per heavy atom. The van der Waals surface area contributed by atoms with Gasteiger partial charge in [0.2, 0.25) is 0 Å². The number of ether oxygens (including phenoxy) is 1. The molecule has 2 aliphatic heterocycles. The fraction of sp³-hybridized carbons (Fsp3) is 0.565. The molecule has 4 rings (SSSR count). The molecule has 0 bridgehead atoms. The molecule has 0 spiro atoms. The maximum atomic E-state index is 10.6. The summed E-state index contributed by atoms with van der Waals surface area (Å²) in [5, 5.41) is 14.2. The van der Waals surface area contributed by atoms with Crippen LogP contribution in [0.25, 0.3) is 0 Å². The van der Waals surface area contributed by atoms with Gasteiger partial charge in [0.1, 0.15) is 0 Å². The van der Waals surface area contributed by atoms with Gasteiger partial charge in [-0.2, -0.15) is 26.3 Å². The van der Waals surface area contributed by atoms with Crippen molar-refractivity contribution in [3.05, 3.63) is 46.2 Å². The quantitative estimate of drug-likeness (QED) is 0.505. The minimum atomic E-state index is -5.08. The zero-order valence-electron chi connectivity index (χ0n) is 20.9. The van der Waals surface area contributed by atoms with Crippen molar-refractivity contribution < 1.29 is 50.9 Å². The van der Waals surface area contributed by atoms with Gasteiger partial charge in [0, 0.05) is 69.1 Å². The summed E-state index contributed by atoms with van der Waals surface area (Å²) < 4.78 is 69.3. The van der Waals surface area contributed by atoms with Crippen molar-refractivity contribution in [3.8, 4) is 0 Å². The smallest absolute Gasteiger partial charge is 0.475 e. The van der Waals surface area contributed by atoms with Gasteiger partial charge in [-0.15, -0.1) is 11.3 Å². The van der Waals surface area contributed by atoms with Crippen molar-refractivity contribution in [3.63, 3.8) is 0 Å². The van der Waals surface area contributed by atoms with Gasteiger partial charge < -0.3 is 14.9 Å². The van der Waals surface area contributed by atoms with Gasteiger partial charge >= 0.3 is 24.3 Å². The van der Waals surface area contributed by atoms with Gasteiger partial charge in [-0.05, 0) is 25.0 Å². The van der Waals surface area contributed by atoms with Crippen molar-refractivity contribution in [1.29, 1.82) is 0 Å². The number of likely N-dealkylation sites (tertiary alicyclic amines) is 2. The topological polar surface area (TPSA) is 116 Å². The van der Waals surface area contributed by atoms with Crippen molar-refractivity contribution in [2.45, 2.75) is 50.9 Å². The highest BCUT2D eigenvalue weighted by atomic mass is 32.1. The molecule has 9 nitrogen and oxygen atoms in total. The Morgan fingerprint density at radius 3 is 2.18 bits per heavy atom. The molecule has 0 unspecified atom stereocenters. The van der Waals surface area contributed by atoms with Crippen LogP contribution in [0, 0.1) is 12.8 Å². The minimum Gasteiger partial charge on any atom is -0.475 e. The van der Waals surface area contributed by atoms with E-state index in [-0.39, 0.29) is 0 Å². The Hall–Kier alpha value is -2.82. The van der Waals surface area contributed by atoms with Crippen molar-refractivity contribution >= 4 is 23.3 Å². The normalized spacial score (nSPS) is 21.7. The van der Waals surface area contributed by atoms with E-state index in [0.29, 0.717) is 18.1 Å². The maximum absolute atomic E-state index is 10.6. The fourth-order valence-electron chi connectivity index (χ4n) is 4.35. The molecular formula is C23H28F6N4O5S. The number of piperidine rings is 1. The number of fused-ring (bicyclic) bond motifs is 1. The number of carbonyl (C=O) groups is 2. The van der Waals surface area contributed by atoms with E-state index in [2.05, 4.69) is 32.8 Å². The number of aromatic nitrogens is 2. The number of carboxylic acid groups (broad SMARTS) is 2. The Kier molecular flexibility index (Phi) is 11.6. The summed E-state index contributed by atoms with van der Waals surface area (Å²) in [5.74, 6) is -4.93. The molecule has 0 radical (unpaired) electrons. The molecule has 4 heterocycles. The lowest BCUT2D eigenvalue weighted by Crippen LogP contribution is -2.50. The van der Waals surface area contributed by atoms with E-state index < -0.39 is 24.3 Å². The van der Waals surface area contributed by atoms with Crippen molar-refractivity contribution in [2.24, 2.45) is 5.92 Å². The van der Waals surface area contributed by atoms with Gasteiger partial charge in [0.25, 0.3) is 0 Å². The number of methoxy groups -OCH3 is 1. The molecule has 0 saturated carbocycles. The number of alkyl halides is 6. The number of hydrogen-bond donors (Lipinski definition) is 2. The highest BCUT2D eigenvalue weighted by Crippen LogP contribution is 2.34. The molecule has 0 aromatic carbocycles. The minimum absolute atomic E-state index is 0.378. The summed E-state index contributed by atoms with van der Waals surface area (Å²) in [6, 6.07) is 4.76. The first kappa shape index (κ1) is 32.4. The third-order valence-electron chi connectivity index (χ3n) is 6.16. The third kappa shape index (κ3) is 10.0. The van der Waals surface area contributed by atoms with E-state index >= 15 is 0 Å². The van der Waals surface area contributed by atoms with E-state index in [4.69, 9.17) is 24.5 Å². The number of aryl methyl sites for hydroxylation is 1. The van der Waals surface area contributed by atoms with Crippen LogP contribution in [-0.4, -0.2) is 93.2 Å². The zero-order valence-corrected chi connectivity index (χ0v) is 21.8. The summed E-state index contributed by atoms with van der Waals surface area (Å²) in [6.07, 6.45) is -4.85. The maximum Gasteiger partial charge on any atom is 0.490 e. The largest absolute Gasteiger partial charge is 0.490 e. The van der Waals surface area contributed by atoms with E-state index in [1.807, 2.05) is 31.1 Å². The number of nitrogens with zero attached hydrogens (tertiary/aromatic N) is 4. The molecule has 2 saturated heterocycles. The van der Waals surface area contributed by atoms with Crippen LogP contribution in [0.5, 0.6) is 0 Å².